The number of aryl methyl sites for hydroxylation is 1. The van der Waals surface area contributed by atoms with Gasteiger partial charge in [-0.25, -0.2) is 4.39 Å². The van der Waals surface area contributed by atoms with Crippen molar-refractivity contribution >= 4 is 27.5 Å². The zero-order valence-electron chi connectivity index (χ0n) is 12.0. The van der Waals surface area contributed by atoms with Gasteiger partial charge in [0.05, 0.1) is 11.8 Å². The third kappa shape index (κ3) is 2.53. The number of thiazole rings is 1. The van der Waals surface area contributed by atoms with Gasteiger partial charge in [0, 0.05) is 12.6 Å². The van der Waals surface area contributed by atoms with E-state index >= 15 is 0 Å². The summed E-state index contributed by atoms with van der Waals surface area (Å²) in [7, 11) is 3.42. The molecule has 0 aliphatic heterocycles. The molecule has 0 aliphatic rings. The first kappa shape index (κ1) is 14.5. The van der Waals surface area contributed by atoms with Gasteiger partial charge in [-0.2, -0.15) is 4.99 Å². The molecule has 0 fully saturated rings. The van der Waals surface area contributed by atoms with Gasteiger partial charge in [-0.1, -0.05) is 23.5 Å². The molecule has 1 aromatic heterocycles. The molecule has 0 aliphatic carbocycles. The van der Waals surface area contributed by atoms with E-state index in [4.69, 9.17) is 4.74 Å². The molecule has 1 heterocycles. The molecule has 0 spiro atoms. The molecule has 0 unspecified atom stereocenters. The van der Waals surface area contributed by atoms with Crippen molar-refractivity contribution in [1.29, 1.82) is 0 Å². The monoisotopic (exact) mass is 316 g/mol. The molecule has 2 aromatic carbocycles. The molecule has 4 nitrogen and oxygen atoms in total. The first-order valence-corrected chi connectivity index (χ1v) is 7.39. The summed E-state index contributed by atoms with van der Waals surface area (Å²) in [4.78, 5) is 16.8. The van der Waals surface area contributed by atoms with E-state index in [1.807, 2.05) is 25.2 Å². The third-order valence-corrected chi connectivity index (χ3v) is 4.37. The highest BCUT2D eigenvalue weighted by atomic mass is 32.1. The van der Waals surface area contributed by atoms with Crippen molar-refractivity contribution in [3.8, 4) is 5.75 Å². The molecular weight excluding hydrogens is 303 g/mol. The Kier molecular flexibility index (Phi) is 3.77. The van der Waals surface area contributed by atoms with Gasteiger partial charge in [-0.15, -0.1) is 0 Å². The minimum atomic E-state index is -0.472. The fourth-order valence-corrected chi connectivity index (χ4v) is 3.25. The zero-order valence-corrected chi connectivity index (χ0v) is 12.9. The fourth-order valence-electron chi connectivity index (χ4n) is 2.21. The van der Waals surface area contributed by atoms with Crippen molar-refractivity contribution < 1.29 is 13.9 Å². The van der Waals surface area contributed by atoms with E-state index < -0.39 is 11.7 Å². The van der Waals surface area contributed by atoms with Crippen LogP contribution in [0.4, 0.5) is 4.39 Å². The zero-order chi connectivity index (χ0) is 15.7. The normalized spacial score (nSPS) is 11.9. The fraction of sp³-hybridized carbons (Fsp3) is 0.125. The Labute approximate surface area is 130 Å². The molecule has 1 amide bonds. The Morgan fingerprint density at radius 3 is 2.77 bits per heavy atom. The van der Waals surface area contributed by atoms with Crippen molar-refractivity contribution in [3.05, 3.63) is 58.6 Å². The molecule has 0 atom stereocenters. The van der Waals surface area contributed by atoms with Crippen LogP contribution in [0.3, 0.4) is 0 Å². The lowest BCUT2D eigenvalue weighted by Crippen LogP contribution is -2.13. The maximum Gasteiger partial charge on any atom is 0.279 e. The molecule has 0 radical (unpaired) electrons. The third-order valence-electron chi connectivity index (χ3n) is 3.27. The second-order valence-electron chi connectivity index (χ2n) is 4.68. The van der Waals surface area contributed by atoms with Crippen LogP contribution in [0.15, 0.2) is 47.5 Å². The molecule has 0 saturated carbocycles. The number of rotatable bonds is 2. The first-order chi connectivity index (χ1) is 10.6. The molecule has 112 valence electrons. The molecule has 22 heavy (non-hydrogen) atoms. The lowest BCUT2D eigenvalue weighted by molar-refractivity contribution is 0.0997. The largest absolute Gasteiger partial charge is 0.495 e. The SMILES string of the molecule is COc1cccc2sc(=NC(=O)c3cccc(F)c3)n(C)c12. The summed E-state index contributed by atoms with van der Waals surface area (Å²) in [6.07, 6.45) is 0. The maximum absolute atomic E-state index is 13.2. The van der Waals surface area contributed by atoms with Crippen LogP contribution in [-0.4, -0.2) is 17.6 Å². The predicted octanol–water partition coefficient (Wildman–Crippen LogP) is 3.13. The lowest BCUT2D eigenvalue weighted by Gasteiger charge is -2.03. The van der Waals surface area contributed by atoms with Crippen LogP contribution >= 0.6 is 11.3 Å². The summed E-state index contributed by atoms with van der Waals surface area (Å²) in [5.74, 6) is -0.208. The number of methoxy groups -OCH3 is 1. The predicted molar refractivity (Wildman–Crippen MR) is 83.6 cm³/mol. The Balaban J connectivity index is 2.14. The number of amides is 1. The minimum absolute atomic E-state index is 0.226. The number of para-hydroxylation sites is 1. The molecular formula is C16H13FN2O2S. The van der Waals surface area contributed by atoms with Gasteiger partial charge in [-0.3, -0.25) is 4.79 Å². The van der Waals surface area contributed by atoms with Gasteiger partial charge < -0.3 is 9.30 Å². The van der Waals surface area contributed by atoms with E-state index in [9.17, 15) is 9.18 Å². The minimum Gasteiger partial charge on any atom is -0.495 e. The quantitative estimate of drug-likeness (QED) is 0.729. The second kappa shape index (κ2) is 5.73. The molecule has 0 N–H and O–H groups in total. The number of aromatic nitrogens is 1. The average Bonchev–Trinajstić information content (AvgIpc) is 2.83. The van der Waals surface area contributed by atoms with Crippen molar-refractivity contribution in [2.75, 3.05) is 7.11 Å². The van der Waals surface area contributed by atoms with Crippen molar-refractivity contribution in [3.63, 3.8) is 0 Å². The number of benzene rings is 2. The molecule has 0 saturated heterocycles. The van der Waals surface area contributed by atoms with Crippen molar-refractivity contribution in [2.24, 2.45) is 12.0 Å². The van der Waals surface area contributed by atoms with Crippen molar-refractivity contribution in [2.45, 2.75) is 0 Å². The Morgan fingerprint density at radius 1 is 1.27 bits per heavy atom. The van der Waals surface area contributed by atoms with Gasteiger partial charge in [0.25, 0.3) is 5.91 Å². The average molecular weight is 316 g/mol. The summed E-state index contributed by atoms with van der Waals surface area (Å²) in [5, 5.41) is 0. The van der Waals surface area contributed by atoms with Gasteiger partial charge in [0.2, 0.25) is 0 Å². The van der Waals surface area contributed by atoms with Crippen LogP contribution in [0.1, 0.15) is 10.4 Å². The Hall–Kier alpha value is -2.47. The van der Waals surface area contributed by atoms with Gasteiger partial charge in [0.1, 0.15) is 17.1 Å². The van der Waals surface area contributed by atoms with Crippen molar-refractivity contribution in [1.82, 2.24) is 4.57 Å². The van der Waals surface area contributed by atoms with Crippen LogP contribution in [-0.2, 0) is 7.05 Å². The van der Waals surface area contributed by atoms with Gasteiger partial charge in [0.15, 0.2) is 4.80 Å². The Morgan fingerprint density at radius 2 is 2.05 bits per heavy atom. The summed E-state index contributed by atoms with van der Waals surface area (Å²) in [6, 6.07) is 11.2. The maximum atomic E-state index is 13.2. The van der Waals surface area contributed by atoms with Crippen LogP contribution in [0.25, 0.3) is 10.2 Å². The number of hydrogen-bond acceptors (Lipinski definition) is 3. The smallest absolute Gasteiger partial charge is 0.279 e. The van der Waals surface area contributed by atoms with Crippen LogP contribution in [0.5, 0.6) is 5.75 Å². The van der Waals surface area contributed by atoms with E-state index in [0.29, 0.717) is 4.80 Å². The highest BCUT2D eigenvalue weighted by Crippen LogP contribution is 2.26. The number of hydrogen-bond donors (Lipinski definition) is 0. The molecule has 0 bridgehead atoms. The number of halogens is 1. The first-order valence-electron chi connectivity index (χ1n) is 6.57. The van der Waals surface area contributed by atoms with Crippen LogP contribution < -0.4 is 9.54 Å². The standard InChI is InChI=1S/C16H13FN2O2S/c1-19-14-12(21-2)7-4-8-13(14)22-16(19)18-15(20)10-5-3-6-11(17)9-10/h3-9H,1-2H3. The molecule has 6 heteroatoms. The number of nitrogens with zero attached hydrogens (tertiary/aromatic N) is 2. The van der Waals surface area contributed by atoms with E-state index in [2.05, 4.69) is 4.99 Å². The molecule has 3 aromatic rings. The van der Waals surface area contributed by atoms with E-state index in [1.165, 1.54) is 29.5 Å². The van der Waals surface area contributed by atoms with Crippen LogP contribution in [0, 0.1) is 5.82 Å². The second-order valence-corrected chi connectivity index (χ2v) is 5.69. The lowest BCUT2D eigenvalue weighted by atomic mass is 10.2. The summed E-state index contributed by atoms with van der Waals surface area (Å²) >= 11 is 1.38. The van der Waals surface area contributed by atoms with E-state index in [1.54, 1.807) is 17.7 Å². The Bertz CT molecular complexity index is 927. The summed E-state index contributed by atoms with van der Waals surface area (Å²) < 4.78 is 21.3. The highest BCUT2D eigenvalue weighted by Gasteiger charge is 2.10. The summed E-state index contributed by atoms with van der Waals surface area (Å²) in [5.41, 5.74) is 1.10. The van der Waals surface area contributed by atoms with Crippen LogP contribution in [0.2, 0.25) is 0 Å². The highest BCUT2D eigenvalue weighted by molar-refractivity contribution is 7.16. The van der Waals surface area contributed by atoms with E-state index in [0.717, 1.165) is 16.0 Å². The number of carbonyl (C=O) groups excluding carboxylic acids is 1. The number of ether oxygens (including phenoxy) is 1. The molecule has 3 rings (SSSR count). The number of carbonyl (C=O) groups is 1. The number of fused-ring (bicyclic) bond motifs is 1. The topological polar surface area (TPSA) is 43.6 Å². The summed E-state index contributed by atoms with van der Waals surface area (Å²) in [6.45, 7) is 0. The van der Waals surface area contributed by atoms with E-state index in [-0.39, 0.29) is 5.56 Å². The van der Waals surface area contributed by atoms with Gasteiger partial charge in [-0.05, 0) is 30.3 Å². The van der Waals surface area contributed by atoms with Gasteiger partial charge >= 0.3 is 0 Å².